The van der Waals surface area contributed by atoms with Crippen molar-refractivity contribution in [2.75, 3.05) is 0 Å². The average Bonchev–Trinajstić information content (AvgIpc) is 2.79. The molecule has 31 heavy (non-hydrogen) atoms. The normalized spacial score (nSPS) is 25.2. The van der Waals surface area contributed by atoms with Gasteiger partial charge in [-0.3, -0.25) is 9.59 Å². The van der Waals surface area contributed by atoms with Crippen LogP contribution in [0.3, 0.4) is 0 Å². The molecule has 0 saturated carbocycles. The fourth-order valence-electron chi connectivity index (χ4n) is 6.02. The van der Waals surface area contributed by atoms with Gasteiger partial charge in [0, 0.05) is 48.4 Å². The number of amides is 2. The number of pyridine rings is 1. The zero-order valence-corrected chi connectivity index (χ0v) is 17.9. The van der Waals surface area contributed by atoms with Crippen LogP contribution in [0.5, 0.6) is 0 Å². The van der Waals surface area contributed by atoms with Crippen molar-refractivity contribution in [3.63, 3.8) is 0 Å². The lowest BCUT2D eigenvalue weighted by atomic mass is 9.55. The Labute approximate surface area is 187 Å². The predicted octanol–water partition coefficient (Wildman–Crippen LogP) is -0.00930. The smallest absolute Gasteiger partial charge is 0.224 e. The van der Waals surface area contributed by atoms with Crippen LogP contribution in [-0.2, 0) is 9.59 Å². The van der Waals surface area contributed by atoms with Crippen LogP contribution in [0.2, 0.25) is 0 Å². The molecule has 0 spiro atoms. The number of hydrogen-bond acceptors (Lipinski definition) is 2. The van der Waals surface area contributed by atoms with Crippen LogP contribution in [0.25, 0.3) is 0 Å². The molecule has 5 aliphatic rings. The summed E-state index contributed by atoms with van der Waals surface area (Å²) in [5, 5.41) is 6.41. The van der Waals surface area contributed by atoms with Gasteiger partial charge in [0.25, 0.3) is 0 Å². The van der Waals surface area contributed by atoms with Crippen LogP contribution < -0.4 is 27.6 Å². The molecule has 4 aliphatic heterocycles. The summed E-state index contributed by atoms with van der Waals surface area (Å²) in [5.74, 6) is 0.143. The highest BCUT2D eigenvalue weighted by molar-refractivity contribution is 5.82. The standard InChI is InChI=1S/C25H23N3O2.ClH/c29-22-12-5-10-20(26-22)25(21-11-6-13-23(30)27-21)15-19-16-7-1-2-8-17(16)24(25)18-9-3-4-14-28(18)19;/h1-4,7-11,14,19,24H,5-6,12-13,15H2,(H-,26,27,29,30);1H. The van der Waals surface area contributed by atoms with E-state index in [4.69, 9.17) is 0 Å². The van der Waals surface area contributed by atoms with E-state index < -0.39 is 5.41 Å². The summed E-state index contributed by atoms with van der Waals surface area (Å²) in [6.07, 6.45) is 9.83. The zero-order chi connectivity index (χ0) is 20.3. The van der Waals surface area contributed by atoms with Gasteiger partial charge < -0.3 is 23.0 Å². The van der Waals surface area contributed by atoms with Gasteiger partial charge in [0.1, 0.15) is 0 Å². The quantitative estimate of drug-likeness (QED) is 0.654. The summed E-state index contributed by atoms with van der Waals surface area (Å²) in [7, 11) is 0. The van der Waals surface area contributed by atoms with E-state index >= 15 is 0 Å². The molecular weight excluding hydrogens is 410 g/mol. The highest BCUT2D eigenvalue weighted by atomic mass is 35.5. The molecule has 7 rings (SSSR count). The summed E-state index contributed by atoms with van der Waals surface area (Å²) in [6.45, 7) is 0. The maximum atomic E-state index is 12.4. The molecule has 2 amide bonds. The van der Waals surface area contributed by atoms with E-state index in [2.05, 4.69) is 76.0 Å². The van der Waals surface area contributed by atoms with Gasteiger partial charge in [-0.05, 0) is 18.4 Å². The second-order valence-corrected chi connectivity index (χ2v) is 8.70. The second kappa shape index (κ2) is 7.34. The number of allylic oxidation sites excluding steroid dienone is 2. The Morgan fingerprint density at radius 1 is 0.839 bits per heavy atom. The number of fused-ring (bicyclic) bond motifs is 1. The molecule has 1 aromatic carbocycles. The number of benzene rings is 1. The minimum atomic E-state index is -0.480. The largest absolute Gasteiger partial charge is 1.00 e. The highest BCUT2D eigenvalue weighted by Crippen LogP contribution is 2.61. The maximum absolute atomic E-state index is 12.4. The van der Waals surface area contributed by atoms with Crippen molar-refractivity contribution in [2.24, 2.45) is 5.41 Å². The third kappa shape index (κ3) is 2.79. The molecule has 1 aliphatic carbocycles. The third-order valence-corrected chi connectivity index (χ3v) is 7.18. The predicted molar refractivity (Wildman–Crippen MR) is 111 cm³/mol. The lowest BCUT2D eigenvalue weighted by molar-refractivity contribution is -0.733. The molecule has 2 N–H and O–H groups in total. The number of halogens is 1. The number of hydrogen-bond donors (Lipinski definition) is 2. The van der Waals surface area contributed by atoms with Crippen LogP contribution in [0, 0.1) is 5.41 Å². The van der Waals surface area contributed by atoms with Crippen molar-refractivity contribution in [3.05, 3.63) is 89.0 Å². The van der Waals surface area contributed by atoms with Crippen molar-refractivity contribution in [2.45, 2.75) is 44.1 Å². The molecule has 2 bridgehead atoms. The molecule has 2 unspecified atom stereocenters. The number of nitrogens with zero attached hydrogens (tertiary/aromatic N) is 1. The first-order valence-electron chi connectivity index (χ1n) is 10.8. The Hall–Kier alpha value is -2.92. The van der Waals surface area contributed by atoms with E-state index in [0.29, 0.717) is 12.8 Å². The van der Waals surface area contributed by atoms with Gasteiger partial charge in [0.2, 0.25) is 11.8 Å². The van der Waals surface area contributed by atoms with Crippen molar-refractivity contribution >= 4 is 11.8 Å². The van der Waals surface area contributed by atoms with Gasteiger partial charge in [0.15, 0.2) is 17.9 Å². The van der Waals surface area contributed by atoms with E-state index in [0.717, 1.165) is 30.7 Å². The zero-order valence-electron chi connectivity index (χ0n) is 17.1. The Bertz CT molecular complexity index is 1070. The third-order valence-electron chi connectivity index (χ3n) is 7.18. The molecule has 1 aromatic heterocycles. The van der Waals surface area contributed by atoms with Gasteiger partial charge in [-0.15, -0.1) is 0 Å². The lowest BCUT2D eigenvalue weighted by Gasteiger charge is -2.52. The van der Waals surface area contributed by atoms with E-state index in [1.54, 1.807) is 0 Å². The van der Waals surface area contributed by atoms with Gasteiger partial charge in [-0.1, -0.05) is 42.5 Å². The van der Waals surface area contributed by atoms with Crippen LogP contribution in [0.15, 0.2) is 72.2 Å². The average molecular weight is 434 g/mol. The first-order chi connectivity index (χ1) is 14.7. The first kappa shape index (κ1) is 20.0. The van der Waals surface area contributed by atoms with Crippen molar-refractivity contribution < 1.29 is 26.6 Å². The Kier molecular flexibility index (Phi) is 4.74. The maximum Gasteiger partial charge on any atom is 0.224 e. The van der Waals surface area contributed by atoms with Gasteiger partial charge >= 0.3 is 0 Å². The number of aromatic nitrogens is 1. The van der Waals surface area contributed by atoms with Crippen molar-refractivity contribution in [1.29, 1.82) is 0 Å². The molecule has 6 heteroatoms. The van der Waals surface area contributed by atoms with E-state index in [1.807, 2.05) is 0 Å². The van der Waals surface area contributed by atoms with Crippen molar-refractivity contribution in [3.8, 4) is 0 Å². The number of carbonyl (C=O) groups excluding carboxylic acids is 2. The number of nitrogens with one attached hydrogen (secondary N) is 2. The fourth-order valence-corrected chi connectivity index (χ4v) is 6.02. The summed E-state index contributed by atoms with van der Waals surface area (Å²) in [4.78, 5) is 24.9. The van der Waals surface area contributed by atoms with Gasteiger partial charge in [0.05, 0.1) is 11.3 Å². The van der Waals surface area contributed by atoms with Gasteiger partial charge in [-0.25, -0.2) is 0 Å². The van der Waals surface area contributed by atoms with E-state index in [1.165, 1.54) is 16.8 Å². The Morgan fingerprint density at radius 2 is 1.45 bits per heavy atom. The number of rotatable bonds is 2. The second-order valence-electron chi connectivity index (χ2n) is 8.70. The first-order valence-corrected chi connectivity index (χ1v) is 10.8. The molecule has 0 saturated heterocycles. The Balaban J connectivity index is 0.00000204. The summed E-state index contributed by atoms with van der Waals surface area (Å²) in [6, 6.07) is 15.2. The van der Waals surface area contributed by atoms with Crippen LogP contribution in [0.1, 0.15) is 60.9 Å². The van der Waals surface area contributed by atoms with Gasteiger partial charge in [-0.2, -0.15) is 4.57 Å². The minimum Gasteiger partial charge on any atom is -1.00 e. The molecule has 5 nitrogen and oxygen atoms in total. The van der Waals surface area contributed by atoms with Crippen molar-refractivity contribution in [1.82, 2.24) is 10.6 Å². The Morgan fingerprint density at radius 3 is 2.10 bits per heavy atom. The fraction of sp³-hybridized carbons (Fsp3) is 0.320. The SMILES string of the molecule is O=C1CCC=C(C2(C3=CCCC(=O)N3)CC3c4ccccc4C2c2cccc[n+]23)N1.[Cl-]. The molecule has 0 fully saturated rings. The number of carbonyl (C=O) groups is 2. The highest BCUT2D eigenvalue weighted by Gasteiger charge is 2.61. The molecular formula is C25H24ClN3O2. The van der Waals surface area contributed by atoms with E-state index in [9.17, 15) is 9.59 Å². The molecule has 5 heterocycles. The lowest BCUT2D eigenvalue weighted by Crippen LogP contribution is -3.00. The topological polar surface area (TPSA) is 62.1 Å². The molecule has 0 radical (unpaired) electrons. The van der Waals surface area contributed by atoms with Crippen LogP contribution in [-0.4, -0.2) is 11.8 Å². The minimum absolute atomic E-state index is 0. The van der Waals surface area contributed by atoms with E-state index in [-0.39, 0.29) is 36.2 Å². The summed E-state index contributed by atoms with van der Waals surface area (Å²) in [5.41, 5.74) is 5.29. The summed E-state index contributed by atoms with van der Waals surface area (Å²) < 4.78 is 2.38. The van der Waals surface area contributed by atoms with Crippen LogP contribution in [0.4, 0.5) is 0 Å². The molecule has 158 valence electrons. The monoisotopic (exact) mass is 433 g/mol. The molecule has 2 atom stereocenters. The molecule has 2 aromatic rings. The summed E-state index contributed by atoms with van der Waals surface area (Å²) >= 11 is 0. The van der Waals surface area contributed by atoms with Crippen LogP contribution >= 0.6 is 0 Å².